The maximum atomic E-state index is 16.4. The second kappa shape index (κ2) is 12.6. The van der Waals surface area contributed by atoms with E-state index in [0.717, 1.165) is 46.6 Å². The molecule has 2 aliphatic heterocycles. The summed E-state index contributed by atoms with van der Waals surface area (Å²) in [5, 5.41) is 15.2. The second-order valence-electron chi connectivity index (χ2n) is 13.8. The minimum Gasteiger partial charge on any atom is -0.465 e. The first-order valence-corrected chi connectivity index (χ1v) is 17.3. The number of aromatic nitrogens is 4. The van der Waals surface area contributed by atoms with Gasteiger partial charge in [0, 0.05) is 34.8 Å². The van der Waals surface area contributed by atoms with Gasteiger partial charge in [0.2, 0.25) is 5.91 Å². The number of rotatable bonds is 6. The average Bonchev–Trinajstić information content (AvgIpc) is 3.94. The van der Waals surface area contributed by atoms with E-state index >= 15 is 4.39 Å². The molecule has 2 fully saturated rings. The van der Waals surface area contributed by atoms with Crippen molar-refractivity contribution in [1.29, 1.82) is 0 Å². The smallest absolute Gasteiger partial charge is 0.407 e. The van der Waals surface area contributed by atoms with Gasteiger partial charge in [0.15, 0.2) is 0 Å². The number of nitrogens with one attached hydrogen (secondary N) is 3. The van der Waals surface area contributed by atoms with E-state index in [9.17, 15) is 19.5 Å². The minimum atomic E-state index is -0.947. The van der Waals surface area contributed by atoms with Gasteiger partial charge in [-0.2, -0.15) is 0 Å². The van der Waals surface area contributed by atoms with E-state index in [1.807, 2.05) is 56.3 Å². The number of ether oxygens (including phenoxy) is 1. The number of alkyl carbamates (subject to hydrolysis) is 1. The van der Waals surface area contributed by atoms with Crippen molar-refractivity contribution >= 4 is 61.7 Å². The zero-order valence-electron chi connectivity index (χ0n) is 28.5. The number of hydrogen-bond donors (Lipinski definition) is 4. The number of carbonyl (C=O) groups is 3. The highest BCUT2D eigenvalue weighted by atomic mass is 19.1. The van der Waals surface area contributed by atoms with Gasteiger partial charge >= 0.3 is 12.2 Å². The molecule has 0 aliphatic carbocycles. The molecule has 3 atom stereocenters. The van der Waals surface area contributed by atoms with Crippen LogP contribution in [0.2, 0.25) is 0 Å². The Morgan fingerprint density at radius 1 is 0.863 bits per heavy atom. The fourth-order valence-corrected chi connectivity index (χ4v) is 7.86. The zero-order chi connectivity index (χ0) is 35.6. The van der Waals surface area contributed by atoms with Crippen LogP contribution in [0.1, 0.15) is 63.3 Å². The molecule has 262 valence electrons. The number of carboxylic acid groups (broad SMARTS) is 1. The summed E-state index contributed by atoms with van der Waals surface area (Å²) in [4.78, 5) is 57.0. The molecule has 2 aliphatic rings. The van der Waals surface area contributed by atoms with Gasteiger partial charge in [0.1, 0.15) is 23.5 Å². The van der Waals surface area contributed by atoms with Crippen molar-refractivity contribution in [3.8, 4) is 11.1 Å². The summed E-state index contributed by atoms with van der Waals surface area (Å²) in [6.07, 6.45) is 1.40. The summed E-state index contributed by atoms with van der Waals surface area (Å²) in [6, 6.07) is 15.5. The van der Waals surface area contributed by atoms with E-state index < -0.39 is 18.2 Å². The second-order valence-corrected chi connectivity index (χ2v) is 13.8. The fourth-order valence-electron chi connectivity index (χ4n) is 7.86. The van der Waals surface area contributed by atoms with E-state index in [0.29, 0.717) is 58.6 Å². The van der Waals surface area contributed by atoms with Crippen LogP contribution in [0.3, 0.4) is 0 Å². The molecule has 51 heavy (non-hydrogen) atoms. The van der Waals surface area contributed by atoms with Gasteiger partial charge in [0.25, 0.3) is 0 Å². The summed E-state index contributed by atoms with van der Waals surface area (Å²) in [5.41, 5.74) is 4.12. The lowest BCUT2D eigenvalue weighted by atomic mass is 9.97. The zero-order valence-corrected chi connectivity index (χ0v) is 28.5. The first-order chi connectivity index (χ1) is 24.6. The number of fused-ring (bicyclic) bond motifs is 6. The van der Waals surface area contributed by atoms with E-state index in [-0.39, 0.29) is 29.7 Å². The number of nitrogens with zero attached hydrogens (tertiary/aromatic N) is 4. The van der Waals surface area contributed by atoms with Gasteiger partial charge in [0.05, 0.1) is 41.3 Å². The number of methoxy groups -OCH3 is 1. The Balaban J connectivity index is 1.11. The lowest BCUT2D eigenvalue weighted by molar-refractivity contribution is -0.135. The van der Waals surface area contributed by atoms with Crippen molar-refractivity contribution in [3.05, 3.63) is 72.1 Å². The van der Waals surface area contributed by atoms with Crippen molar-refractivity contribution in [3.63, 3.8) is 0 Å². The molecular formula is C38H38FN7O5. The standard InChI is InChI=1S/C38H38FN7O5/c1-19(2)31(44-37(48)51-3)36(47)45-16-4-6-28(45)34-41-27-15-13-24-25(33(27)43-34)12-11-22(30(24)39)20-8-10-23-21(18-20)9-14-26-32(23)42-35(40-26)29-7-5-17-46(29)38(49)50/h8-15,18-19,28-29,31H,4-7,16-17H2,1-3H3,(H,40,42)(H,41,43)(H,44,48)(H,49,50)/t28-,29-,31-/m0/s1. The fraction of sp³-hybridized carbons (Fsp3) is 0.342. The number of aromatic amines is 2. The molecule has 0 radical (unpaired) electrons. The summed E-state index contributed by atoms with van der Waals surface area (Å²) in [7, 11) is 1.27. The highest BCUT2D eigenvalue weighted by Crippen LogP contribution is 2.38. The van der Waals surface area contributed by atoms with E-state index in [2.05, 4.69) is 15.3 Å². The predicted octanol–water partition coefficient (Wildman–Crippen LogP) is 7.41. The lowest BCUT2D eigenvalue weighted by Crippen LogP contribution is -2.51. The molecule has 2 saturated heterocycles. The highest BCUT2D eigenvalue weighted by molar-refractivity contribution is 6.08. The van der Waals surface area contributed by atoms with Gasteiger partial charge in [-0.25, -0.2) is 23.9 Å². The first kappa shape index (κ1) is 32.5. The summed E-state index contributed by atoms with van der Waals surface area (Å²) in [6.45, 7) is 4.77. The molecular weight excluding hydrogens is 653 g/mol. The monoisotopic (exact) mass is 691 g/mol. The maximum Gasteiger partial charge on any atom is 0.407 e. The van der Waals surface area contributed by atoms with Crippen LogP contribution in [0.4, 0.5) is 14.0 Å². The number of hydrogen-bond acceptors (Lipinski definition) is 6. The summed E-state index contributed by atoms with van der Waals surface area (Å²) >= 11 is 0. The Morgan fingerprint density at radius 2 is 1.47 bits per heavy atom. The van der Waals surface area contributed by atoms with Crippen LogP contribution >= 0.6 is 0 Å². The number of imidazole rings is 2. The molecule has 2 aromatic heterocycles. The lowest BCUT2D eigenvalue weighted by Gasteiger charge is -2.29. The van der Waals surface area contributed by atoms with Crippen molar-refractivity contribution in [1.82, 2.24) is 35.1 Å². The van der Waals surface area contributed by atoms with Crippen LogP contribution in [0, 0.1) is 11.7 Å². The third-order valence-electron chi connectivity index (χ3n) is 10.5. The Kier molecular flexibility index (Phi) is 8.00. The minimum absolute atomic E-state index is 0.148. The molecule has 3 amide bonds. The molecule has 0 saturated carbocycles. The van der Waals surface area contributed by atoms with Crippen LogP contribution in [0.25, 0.3) is 54.7 Å². The van der Waals surface area contributed by atoms with Gasteiger partial charge in [-0.3, -0.25) is 9.69 Å². The Morgan fingerprint density at radius 3 is 2.14 bits per heavy atom. The topological polar surface area (TPSA) is 157 Å². The van der Waals surface area contributed by atoms with Crippen LogP contribution in [-0.2, 0) is 9.53 Å². The van der Waals surface area contributed by atoms with E-state index in [1.165, 1.54) is 12.0 Å². The highest BCUT2D eigenvalue weighted by Gasteiger charge is 2.38. The Labute approximate surface area is 292 Å². The number of likely N-dealkylation sites (tertiary alicyclic amines) is 2. The van der Waals surface area contributed by atoms with Gasteiger partial charge < -0.3 is 30.0 Å². The van der Waals surface area contributed by atoms with E-state index in [1.54, 1.807) is 17.0 Å². The van der Waals surface area contributed by atoms with Crippen LogP contribution in [0.15, 0.2) is 54.6 Å². The van der Waals surface area contributed by atoms with Crippen LogP contribution in [0.5, 0.6) is 0 Å². The van der Waals surface area contributed by atoms with Crippen molar-refractivity contribution in [2.75, 3.05) is 20.2 Å². The Bertz CT molecular complexity index is 2370. The molecule has 0 unspecified atom stereocenters. The summed E-state index contributed by atoms with van der Waals surface area (Å²) < 4.78 is 21.1. The average molecular weight is 692 g/mol. The quantitative estimate of drug-likeness (QED) is 0.142. The van der Waals surface area contributed by atoms with Gasteiger partial charge in [-0.1, -0.05) is 44.2 Å². The van der Waals surface area contributed by atoms with Gasteiger partial charge in [-0.05, 0) is 66.8 Å². The van der Waals surface area contributed by atoms with Crippen molar-refractivity contribution in [2.45, 2.75) is 57.7 Å². The largest absolute Gasteiger partial charge is 0.465 e. The van der Waals surface area contributed by atoms with Crippen LogP contribution < -0.4 is 5.32 Å². The molecule has 0 bridgehead atoms. The molecule has 6 aromatic rings. The molecule has 12 nitrogen and oxygen atoms in total. The van der Waals surface area contributed by atoms with Crippen molar-refractivity contribution in [2.24, 2.45) is 5.92 Å². The normalized spacial score (nSPS) is 18.5. The molecule has 4 aromatic carbocycles. The number of carbonyl (C=O) groups excluding carboxylic acids is 2. The van der Waals surface area contributed by atoms with Gasteiger partial charge in [-0.15, -0.1) is 0 Å². The molecule has 0 spiro atoms. The Hall–Kier alpha value is -5.72. The van der Waals surface area contributed by atoms with E-state index in [4.69, 9.17) is 14.7 Å². The maximum absolute atomic E-state index is 16.4. The number of benzene rings is 4. The van der Waals surface area contributed by atoms with Crippen molar-refractivity contribution < 1.29 is 28.6 Å². The number of H-pyrrole nitrogens is 2. The summed E-state index contributed by atoms with van der Waals surface area (Å²) in [5.74, 6) is 0.561. The van der Waals surface area contributed by atoms with Crippen LogP contribution in [-0.4, -0.2) is 79.2 Å². The molecule has 13 heteroatoms. The molecule has 4 heterocycles. The third-order valence-corrected chi connectivity index (χ3v) is 10.5. The number of halogens is 1. The third kappa shape index (κ3) is 5.47. The molecule has 8 rings (SSSR count). The molecule has 4 N–H and O–H groups in total. The predicted molar refractivity (Wildman–Crippen MR) is 191 cm³/mol. The number of amides is 3. The first-order valence-electron chi connectivity index (χ1n) is 17.3. The SMILES string of the molecule is COC(=O)N[C@H](C(=O)N1CCC[C@H]1c1nc2c(ccc3c(F)c(-c4ccc5c(ccc6[nH]c([C@@H]7CCCN7C(=O)O)nc65)c4)ccc32)[nH]1)C(C)C.